The highest BCUT2D eigenvalue weighted by molar-refractivity contribution is 7.93. The van der Waals surface area contributed by atoms with E-state index in [1.165, 1.54) is 24.3 Å². The van der Waals surface area contributed by atoms with Gasteiger partial charge in [0.15, 0.2) is 5.75 Å². The van der Waals surface area contributed by atoms with Crippen LogP contribution in [0.4, 0.5) is 34.6 Å². The second-order valence-corrected chi connectivity index (χ2v) is 7.10. The van der Waals surface area contributed by atoms with Crippen molar-refractivity contribution in [1.29, 1.82) is 0 Å². The summed E-state index contributed by atoms with van der Waals surface area (Å²) in [5.41, 5.74) is 5.46. The number of nitrogens with two attached hydrogens (primary N) is 1. The molecule has 0 unspecified atom stereocenters. The van der Waals surface area contributed by atoms with Crippen LogP contribution < -0.4 is 10.0 Å². The first-order valence-electron chi connectivity index (χ1n) is 6.91. The monoisotopic (exact) mass is 373 g/mol. The minimum Gasteiger partial charge on any atom is -0.383 e. The van der Waals surface area contributed by atoms with Gasteiger partial charge in [0.25, 0.3) is 0 Å². The molecule has 3 rings (SSSR count). The van der Waals surface area contributed by atoms with Crippen molar-refractivity contribution in [3.05, 3.63) is 53.8 Å². The van der Waals surface area contributed by atoms with Gasteiger partial charge in [0.2, 0.25) is 10.0 Å². The van der Waals surface area contributed by atoms with Crippen LogP contribution in [-0.2, 0) is 10.0 Å². The Kier molecular flexibility index (Phi) is 3.94. The smallest absolute Gasteiger partial charge is 0.383 e. The second-order valence-electron chi connectivity index (χ2n) is 5.28. The summed E-state index contributed by atoms with van der Waals surface area (Å²) >= 11 is 0. The van der Waals surface area contributed by atoms with Crippen molar-refractivity contribution in [2.24, 2.45) is 10.7 Å². The Balaban J connectivity index is 2.32. The summed E-state index contributed by atoms with van der Waals surface area (Å²) in [4.78, 5) is 4.02. The van der Waals surface area contributed by atoms with Gasteiger partial charge in [-0.05, 0) is 30.3 Å². The zero-order valence-corrected chi connectivity index (χ0v) is 13.3. The number of hydrogen-bond acceptors (Lipinski definition) is 4. The van der Waals surface area contributed by atoms with Gasteiger partial charge in [-0.25, -0.2) is 22.1 Å². The predicted molar refractivity (Wildman–Crippen MR) is 85.2 cm³/mol. The van der Waals surface area contributed by atoms with Crippen LogP contribution in [-0.4, -0.2) is 26.2 Å². The van der Waals surface area contributed by atoms with Crippen molar-refractivity contribution in [1.82, 2.24) is 0 Å². The molecule has 2 aromatic rings. The Morgan fingerprint density at radius 3 is 2.44 bits per heavy atom. The van der Waals surface area contributed by atoms with Gasteiger partial charge in [-0.1, -0.05) is 12.1 Å². The van der Waals surface area contributed by atoms with Crippen molar-refractivity contribution >= 4 is 32.9 Å². The number of alkyl halides is 3. The largest absolute Gasteiger partial charge is 0.404 e. The topological polar surface area (TPSA) is 75.8 Å². The zero-order valence-electron chi connectivity index (χ0n) is 12.5. The molecule has 132 valence electrons. The molecule has 0 atom stereocenters. The lowest BCUT2D eigenvalue weighted by molar-refractivity contribution is -0.106. The van der Waals surface area contributed by atoms with Crippen LogP contribution in [0.3, 0.4) is 0 Å². The van der Waals surface area contributed by atoms with Gasteiger partial charge in [0, 0.05) is 5.56 Å². The lowest BCUT2D eigenvalue weighted by Crippen LogP contribution is -2.35. The number of benzene rings is 2. The van der Waals surface area contributed by atoms with Crippen molar-refractivity contribution < 1.29 is 26.0 Å². The number of anilines is 2. The summed E-state index contributed by atoms with van der Waals surface area (Å²) in [6.07, 6.45) is -4.95. The van der Waals surface area contributed by atoms with Crippen molar-refractivity contribution in [3.8, 4) is 0 Å². The maximum Gasteiger partial charge on any atom is 0.404 e. The van der Waals surface area contributed by atoms with Crippen LogP contribution in [0.25, 0.3) is 0 Å². The maximum atomic E-state index is 13.6. The normalized spacial score (nSPS) is 14.4. The molecule has 10 heteroatoms. The molecule has 1 aliphatic rings. The van der Waals surface area contributed by atoms with Gasteiger partial charge in [0.1, 0.15) is 11.7 Å². The minimum atomic E-state index is -4.95. The van der Waals surface area contributed by atoms with Crippen LogP contribution in [0, 0.1) is 5.82 Å². The van der Waals surface area contributed by atoms with Gasteiger partial charge in [-0.2, -0.15) is 13.2 Å². The summed E-state index contributed by atoms with van der Waals surface area (Å²) in [6.45, 7) is 0. The number of rotatable bonds is 2. The molecule has 0 saturated heterocycles. The van der Waals surface area contributed by atoms with Crippen molar-refractivity contribution in [2.45, 2.75) is 6.18 Å². The lowest BCUT2D eigenvalue weighted by atomic mass is 10.1. The number of aliphatic imine (C=N–C) groups is 1. The highest BCUT2D eigenvalue weighted by Crippen LogP contribution is 2.41. The molecule has 2 N–H and O–H groups in total. The average molecular weight is 373 g/mol. The molecule has 0 fully saturated rings. The molecule has 25 heavy (non-hydrogen) atoms. The van der Waals surface area contributed by atoms with E-state index in [9.17, 15) is 26.0 Å². The Bertz CT molecular complexity index is 971. The first-order valence-corrected chi connectivity index (χ1v) is 8.52. The molecule has 1 heterocycles. The minimum absolute atomic E-state index is 0.0577. The molecule has 0 aromatic heterocycles. The molecule has 0 radical (unpaired) electrons. The van der Waals surface area contributed by atoms with Gasteiger partial charge in [-0.15, -0.1) is 0 Å². The van der Waals surface area contributed by atoms with Crippen LogP contribution in [0.5, 0.6) is 0 Å². The number of halogens is 4. The molecule has 0 saturated carbocycles. The molecule has 0 aliphatic carbocycles. The van der Waals surface area contributed by atoms with Gasteiger partial charge < -0.3 is 5.73 Å². The van der Waals surface area contributed by atoms with E-state index in [0.29, 0.717) is 4.31 Å². The van der Waals surface area contributed by atoms with Gasteiger partial charge in [0.05, 0.1) is 17.1 Å². The van der Waals surface area contributed by atoms with Crippen molar-refractivity contribution in [3.63, 3.8) is 0 Å². The van der Waals surface area contributed by atoms with Crippen LogP contribution in [0.2, 0.25) is 0 Å². The average Bonchev–Trinajstić information content (AvgIpc) is 2.59. The third-order valence-corrected chi connectivity index (χ3v) is 5.06. The summed E-state index contributed by atoms with van der Waals surface area (Å²) in [5, 5.41) is 0. The number of hydrogen-bond donors (Lipinski definition) is 1. The molecule has 0 bridgehead atoms. The van der Waals surface area contributed by atoms with Gasteiger partial charge >= 0.3 is 6.18 Å². The third-order valence-electron chi connectivity index (χ3n) is 3.42. The number of para-hydroxylation sites is 2. The molecule has 2 aromatic carbocycles. The first kappa shape index (κ1) is 17.2. The van der Waals surface area contributed by atoms with E-state index in [1.54, 1.807) is 0 Å². The second kappa shape index (κ2) is 5.73. The van der Waals surface area contributed by atoms with E-state index in [0.717, 1.165) is 18.2 Å². The number of fused-ring (bicyclic) bond motifs is 2. The van der Waals surface area contributed by atoms with Crippen LogP contribution >= 0.6 is 0 Å². The fraction of sp³-hybridized carbons (Fsp3) is 0.133. The number of nitrogens with zero attached hydrogens (tertiary/aromatic N) is 2. The molecule has 0 amide bonds. The Morgan fingerprint density at radius 1 is 1.08 bits per heavy atom. The quantitative estimate of drug-likeness (QED) is 0.822. The first-order chi connectivity index (χ1) is 11.6. The maximum absolute atomic E-state index is 13.6. The molecule has 5 nitrogen and oxygen atoms in total. The molecular weight excluding hydrogens is 362 g/mol. The Labute approximate surface area is 140 Å². The van der Waals surface area contributed by atoms with E-state index in [2.05, 4.69) is 4.99 Å². The fourth-order valence-electron chi connectivity index (χ4n) is 2.51. The van der Waals surface area contributed by atoms with Crippen LogP contribution in [0.15, 0.2) is 47.5 Å². The van der Waals surface area contributed by atoms with E-state index < -0.39 is 27.8 Å². The third kappa shape index (κ3) is 3.29. The van der Waals surface area contributed by atoms with E-state index >= 15 is 0 Å². The Hall–Kier alpha value is -2.62. The molecule has 0 spiro atoms. The van der Waals surface area contributed by atoms with Crippen LogP contribution in [0.1, 0.15) is 5.56 Å². The highest BCUT2D eigenvalue weighted by Gasteiger charge is 2.41. The van der Waals surface area contributed by atoms with Gasteiger partial charge in [-0.3, -0.25) is 0 Å². The standard InChI is InChI=1S/C15H11F4N3O2S/c16-9-5-6-12-10(7-9)14(20)21-11-3-1-2-4-13(11)22(12)25(23,24)8-15(17,18)19/h1-7H,8H2,(H2,20,21). The SMILES string of the molecule is NC1=Nc2ccccc2N(S(=O)(=O)CC(F)(F)F)c2ccc(F)cc21. The Morgan fingerprint density at radius 2 is 1.76 bits per heavy atom. The number of amidine groups is 1. The molecule has 1 aliphatic heterocycles. The van der Waals surface area contributed by atoms with E-state index in [-0.39, 0.29) is 28.5 Å². The highest BCUT2D eigenvalue weighted by atomic mass is 32.2. The van der Waals surface area contributed by atoms with E-state index in [4.69, 9.17) is 5.73 Å². The van der Waals surface area contributed by atoms with Crippen molar-refractivity contribution in [2.75, 3.05) is 10.1 Å². The summed E-state index contributed by atoms with van der Waals surface area (Å²) in [5.74, 6) is -3.01. The molecular formula is C15H11F4N3O2S. The lowest BCUT2D eigenvalue weighted by Gasteiger charge is -2.26. The summed E-state index contributed by atoms with van der Waals surface area (Å²) < 4.78 is 77.4. The summed E-state index contributed by atoms with van der Waals surface area (Å²) in [6, 6.07) is 8.62. The van der Waals surface area contributed by atoms with E-state index in [1.807, 2.05) is 0 Å². The zero-order chi connectivity index (χ0) is 18.4. The fourth-order valence-corrected chi connectivity index (χ4v) is 3.97. The summed E-state index contributed by atoms with van der Waals surface area (Å²) in [7, 11) is -4.87. The number of sulfonamides is 1. The predicted octanol–water partition coefficient (Wildman–Crippen LogP) is 3.21.